The quantitative estimate of drug-likeness (QED) is 0.603. The molecule has 31 heavy (non-hydrogen) atoms. The fraction of sp³-hybridized carbons (Fsp3) is 0.364. The van der Waals surface area contributed by atoms with E-state index < -0.39 is 5.56 Å². The third-order valence-corrected chi connectivity index (χ3v) is 6.18. The number of hydrogen-bond donors (Lipinski definition) is 1. The molecule has 9 heteroatoms. The van der Waals surface area contributed by atoms with Crippen LogP contribution in [0, 0.1) is 18.3 Å². The number of rotatable bonds is 3. The smallest absolute Gasteiger partial charge is 0.276 e. The van der Waals surface area contributed by atoms with Gasteiger partial charge in [0.15, 0.2) is 5.65 Å². The molecular weight excluding hydrogens is 435 g/mol. The van der Waals surface area contributed by atoms with Crippen molar-refractivity contribution in [3.63, 3.8) is 0 Å². The Hall–Kier alpha value is -2.66. The van der Waals surface area contributed by atoms with Crippen LogP contribution in [0.2, 0.25) is 10.2 Å². The van der Waals surface area contributed by atoms with E-state index in [9.17, 15) is 10.1 Å². The maximum Gasteiger partial charge on any atom is 0.276 e. The van der Waals surface area contributed by atoms with Gasteiger partial charge in [0.25, 0.3) is 5.56 Å². The van der Waals surface area contributed by atoms with Crippen molar-refractivity contribution in [3.05, 3.63) is 55.7 Å². The Labute approximate surface area is 190 Å². The van der Waals surface area contributed by atoms with Crippen molar-refractivity contribution in [1.29, 1.82) is 5.26 Å². The standard InChI is InChI=1S/C22H22Cl2N6O/c1-12(2)17-18(13(3)4-5-27-17)30-21-14(10-16(23)20(24)28-21)19(15(11-25)22(30)31)29-8-6-26-7-9-29/h4-5,10,12,26H,6-9H2,1-3H3. The summed E-state index contributed by atoms with van der Waals surface area (Å²) in [6, 6.07) is 5.68. The molecule has 1 aliphatic heterocycles. The Morgan fingerprint density at radius 2 is 1.94 bits per heavy atom. The number of aryl methyl sites for hydroxylation is 1. The number of anilines is 1. The van der Waals surface area contributed by atoms with Crippen LogP contribution in [0.25, 0.3) is 16.7 Å². The topological polar surface area (TPSA) is 86.8 Å². The summed E-state index contributed by atoms with van der Waals surface area (Å²) in [6.07, 6.45) is 1.72. The zero-order valence-electron chi connectivity index (χ0n) is 17.5. The fourth-order valence-electron chi connectivity index (χ4n) is 4.06. The van der Waals surface area contributed by atoms with Gasteiger partial charge in [-0.25, -0.2) is 4.98 Å². The van der Waals surface area contributed by atoms with Gasteiger partial charge in [-0.2, -0.15) is 5.26 Å². The minimum atomic E-state index is -0.438. The SMILES string of the molecule is Cc1ccnc(C(C)C)c1-n1c(=O)c(C#N)c(N2CCNCC2)c2cc(Cl)c(Cl)nc21. The molecule has 0 saturated carbocycles. The average Bonchev–Trinajstić information content (AvgIpc) is 2.75. The second-order valence-corrected chi connectivity index (χ2v) is 8.63. The molecule has 0 spiro atoms. The van der Waals surface area contributed by atoms with Crippen LogP contribution in [0.15, 0.2) is 23.1 Å². The summed E-state index contributed by atoms with van der Waals surface area (Å²) in [5, 5.41) is 14.3. The summed E-state index contributed by atoms with van der Waals surface area (Å²) in [4.78, 5) is 24.8. The van der Waals surface area contributed by atoms with E-state index in [-0.39, 0.29) is 21.7 Å². The summed E-state index contributed by atoms with van der Waals surface area (Å²) < 4.78 is 1.47. The van der Waals surface area contributed by atoms with Gasteiger partial charge in [0.05, 0.1) is 22.1 Å². The third kappa shape index (κ3) is 3.65. The first kappa shape index (κ1) is 21.6. The normalized spacial score (nSPS) is 14.3. The molecule has 0 bridgehead atoms. The van der Waals surface area contributed by atoms with Gasteiger partial charge in [0.1, 0.15) is 16.8 Å². The lowest BCUT2D eigenvalue weighted by atomic mass is 10.0. The number of nitrogens with one attached hydrogen (secondary N) is 1. The first-order chi connectivity index (χ1) is 14.8. The molecule has 1 aliphatic rings. The minimum Gasteiger partial charge on any atom is -0.367 e. The predicted octanol–water partition coefficient (Wildman–Crippen LogP) is 3.80. The molecule has 0 atom stereocenters. The lowest BCUT2D eigenvalue weighted by molar-refractivity contribution is 0.589. The number of nitriles is 1. The Bertz CT molecular complexity index is 1270. The highest BCUT2D eigenvalue weighted by atomic mass is 35.5. The number of nitrogens with zero attached hydrogens (tertiary/aromatic N) is 5. The summed E-state index contributed by atoms with van der Waals surface area (Å²) >= 11 is 12.6. The molecule has 1 saturated heterocycles. The average molecular weight is 457 g/mol. The number of hydrogen-bond acceptors (Lipinski definition) is 6. The molecule has 7 nitrogen and oxygen atoms in total. The molecule has 1 fully saturated rings. The van der Waals surface area contributed by atoms with E-state index in [0.29, 0.717) is 35.5 Å². The van der Waals surface area contributed by atoms with Crippen molar-refractivity contribution in [2.75, 3.05) is 31.1 Å². The highest BCUT2D eigenvalue weighted by Gasteiger charge is 2.27. The fourth-order valence-corrected chi connectivity index (χ4v) is 4.34. The molecule has 160 valence electrons. The lowest BCUT2D eigenvalue weighted by Gasteiger charge is -2.31. The van der Waals surface area contributed by atoms with Crippen molar-refractivity contribution in [2.45, 2.75) is 26.7 Å². The number of fused-ring (bicyclic) bond motifs is 1. The molecule has 3 aromatic rings. The molecule has 3 aromatic heterocycles. The number of halogens is 2. The van der Waals surface area contributed by atoms with Gasteiger partial charge in [0.2, 0.25) is 0 Å². The number of aromatic nitrogens is 3. The zero-order chi connectivity index (χ0) is 22.3. The van der Waals surface area contributed by atoms with E-state index in [1.807, 2.05) is 31.7 Å². The summed E-state index contributed by atoms with van der Waals surface area (Å²) in [6.45, 7) is 8.77. The minimum absolute atomic E-state index is 0.0537. The van der Waals surface area contributed by atoms with Crippen LogP contribution in [0.1, 0.15) is 36.6 Å². The lowest BCUT2D eigenvalue weighted by Crippen LogP contribution is -2.44. The van der Waals surface area contributed by atoms with Gasteiger partial charge in [-0.15, -0.1) is 0 Å². The summed E-state index contributed by atoms with van der Waals surface area (Å²) in [5.41, 5.74) is 2.77. The van der Waals surface area contributed by atoms with E-state index in [1.165, 1.54) is 4.57 Å². The molecule has 0 amide bonds. The highest BCUT2D eigenvalue weighted by Crippen LogP contribution is 2.35. The van der Waals surface area contributed by atoms with Crippen LogP contribution in [0.4, 0.5) is 5.69 Å². The van der Waals surface area contributed by atoms with E-state index in [2.05, 4.69) is 21.4 Å². The monoisotopic (exact) mass is 456 g/mol. The van der Waals surface area contributed by atoms with Crippen LogP contribution in [0.3, 0.4) is 0 Å². The van der Waals surface area contributed by atoms with Crippen molar-refractivity contribution in [2.24, 2.45) is 0 Å². The van der Waals surface area contributed by atoms with Crippen molar-refractivity contribution >= 4 is 39.9 Å². The Morgan fingerprint density at radius 3 is 2.58 bits per heavy atom. The molecule has 0 unspecified atom stereocenters. The summed E-state index contributed by atoms with van der Waals surface area (Å²) in [5.74, 6) is 0.0537. The summed E-state index contributed by atoms with van der Waals surface area (Å²) in [7, 11) is 0. The van der Waals surface area contributed by atoms with Crippen molar-refractivity contribution in [1.82, 2.24) is 19.9 Å². The second-order valence-electron chi connectivity index (χ2n) is 7.86. The Kier molecular flexibility index (Phi) is 5.89. The third-order valence-electron chi connectivity index (χ3n) is 5.50. The van der Waals surface area contributed by atoms with E-state index in [4.69, 9.17) is 23.2 Å². The van der Waals surface area contributed by atoms with E-state index in [0.717, 1.165) is 24.3 Å². The number of pyridine rings is 3. The first-order valence-corrected chi connectivity index (χ1v) is 10.9. The van der Waals surface area contributed by atoms with Crippen LogP contribution >= 0.6 is 23.2 Å². The van der Waals surface area contributed by atoms with Gasteiger partial charge in [0, 0.05) is 37.8 Å². The van der Waals surface area contributed by atoms with Crippen LogP contribution in [0.5, 0.6) is 0 Å². The maximum atomic E-state index is 13.8. The molecule has 1 N–H and O–H groups in total. The zero-order valence-corrected chi connectivity index (χ0v) is 19.0. The van der Waals surface area contributed by atoms with Gasteiger partial charge >= 0.3 is 0 Å². The Balaban J connectivity index is 2.20. The molecule has 4 heterocycles. The van der Waals surface area contributed by atoms with Crippen molar-refractivity contribution < 1.29 is 0 Å². The molecule has 0 radical (unpaired) electrons. The van der Waals surface area contributed by atoms with Gasteiger partial charge < -0.3 is 10.2 Å². The first-order valence-electron chi connectivity index (χ1n) is 10.1. The Morgan fingerprint density at radius 1 is 1.23 bits per heavy atom. The van der Waals surface area contributed by atoms with Gasteiger partial charge in [-0.05, 0) is 30.5 Å². The van der Waals surface area contributed by atoms with E-state index >= 15 is 0 Å². The molecule has 0 aliphatic carbocycles. The molecule has 4 rings (SSSR count). The maximum absolute atomic E-state index is 13.8. The van der Waals surface area contributed by atoms with Crippen LogP contribution in [-0.2, 0) is 0 Å². The molecular formula is C22H22Cl2N6O. The second kappa shape index (κ2) is 8.46. The predicted molar refractivity (Wildman–Crippen MR) is 124 cm³/mol. The van der Waals surface area contributed by atoms with Gasteiger partial charge in [-0.1, -0.05) is 37.0 Å². The molecule has 0 aromatic carbocycles. The van der Waals surface area contributed by atoms with Crippen LogP contribution in [-0.4, -0.2) is 40.7 Å². The highest BCUT2D eigenvalue weighted by molar-refractivity contribution is 6.41. The largest absolute Gasteiger partial charge is 0.367 e. The van der Waals surface area contributed by atoms with Crippen LogP contribution < -0.4 is 15.8 Å². The van der Waals surface area contributed by atoms with Crippen molar-refractivity contribution in [3.8, 4) is 11.8 Å². The number of piperazine rings is 1. The van der Waals surface area contributed by atoms with E-state index in [1.54, 1.807) is 12.3 Å². The van der Waals surface area contributed by atoms with Gasteiger partial charge in [-0.3, -0.25) is 14.3 Å².